The van der Waals surface area contributed by atoms with E-state index in [9.17, 15) is 0 Å². The third-order valence-corrected chi connectivity index (χ3v) is 6.00. The molecule has 1 aliphatic rings. The van der Waals surface area contributed by atoms with E-state index in [2.05, 4.69) is 94.9 Å². The molecular weight excluding hydrogens is 366 g/mol. The molecule has 1 heterocycles. The summed E-state index contributed by atoms with van der Waals surface area (Å²) in [6, 6.07) is 25.8. The summed E-state index contributed by atoms with van der Waals surface area (Å²) in [6.45, 7) is 2.25. The van der Waals surface area contributed by atoms with Crippen LogP contribution >= 0.6 is 0 Å². The molecule has 0 radical (unpaired) electrons. The van der Waals surface area contributed by atoms with Gasteiger partial charge in [0.15, 0.2) is 0 Å². The molecule has 0 amide bonds. The molecule has 2 heteroatoms. The molecule has 1 nitrogen and oxygen atoms in total. The molecule has 27 heavy (non-hydrogen) atoms. The first kappa shape index (κ1) is 16.5. The Kier molecular flexibility index (Phi) is 3.97. The van der Waals surface area contributed by atoms with Crippen molar-refractivity contribution < 1.29 is 16.3 Å². The van der Waals surface area contributed by atoms with Gasteiger partial charge in [0.25, 0.3) is 0 Å². The number of para-hydroxylation sites is 1. The number of hydrogen-bond donors (Lipinski definition) is 0. The first-order chi connectivity index (χ1) is 13.2. The van der Waals surface area contributed by atoms with Crippen LogP contribution in [0.4, 0.5) is 0 Å². The zero-order valence-corrected chi connectivity index (χ0v) is 16.3. The van der Waals surface area contributed by atoms with E-state index in [1.54, 1.807) is 0 Å². The molecule has 129 valence electrons. The van der Waals surface area contributed by atoms with Crippen molar-refractivity contribution in [2.45, 2.75) is 13.3 Å². The second-order valence-corrected chi connectivity index (χ2v) is 7.76. The van der Waals surface area contributed by atoms with Crippen molar-refractivity contribution in [3.8, 4) is 0 Å². The number of hydrogen-bond acceptors (Lipinski definition) is 1. The predicted octanol–water partition coefficient (Wildman–Crippen LogP) is 6.52. The minimum absolute atomic E-state index is 0.931. The summed E-state index contributed by atoms with van der Waals surface area (Å²) >= 11 is 3.35. The Hall–Kier alpha value is -2.66. The van der Waals surface area contributed by atoms with E-state index >= 15 is 0 Å². The van der Waals surface area contributed by atoms with Crippen LogP contribution in [0.15, 0.2) is 89.0 Å². The maximum absolute atomic E-state index is 4.67. The average Bonchev–Trinajstić information content (AvgIpc) is 3.01. The number of allylic oxidation sites excluding steroid dienone is 4. The van der Waals surface area contributed by atoms with Crippen LogP contribution in [-0.2, 0) is 16.3 Å². The Morgan fingerprint density at radius 1 is 0.778 bits per heavy atom. The maximum atomic E-state index is 4.67. The number of pyridine rings is 1. The molecule has 1 aromatic heterocycles. The van der Waals surface area contributed by atoms with Crippen LogP contribution in [-0.4, -0.2) is 4.98 Å². The second-order valence-electron chi connectivity index (χ2n) is 6.99. The van der Waals surface area contributed by atoms with Crippen molar-refractivity contribution in [3.63, 3.8) is 0 Å². The fourth-order valence-corrected chi connectivity index (χ4v) is 4.82. The Morgan fingerprint density at radius 3 is 2.37 bits per heavy atom. The van der Waals surface area contributed by atoms with Crippen LogP contribution in [0.3, 0.4) is 0 Å². The van der Waals surface area contributed by atoms with Gasteiger partial charge in [0, 0.05) is 0 Å². The Labute approximate surface area is 167 Å². The van der Waals surface area contributed by atoms with Crippen LogP contribution in [0.5, 0.6) is 0 Å². The first-order valence-electron chi connectivity index (χ1n) is 9.16. The van der Waals surface area contributed by atoms with Crippen molar-refractivity contribution in [2.75, 3.05) is 0 Å². The monoisotopic (exact) mass is 384 g/mol. The average molecular weight is 384 g/mol. The SMILES string of the molecule is CC1=C(c2cccc3cccnc23)C[C]([Cr])=C1c1cccc2ccccc12. The molecule has 0 saturated carbocycles. The van der Waals surface area contributed by atoms with Crippen LogP contribution in [0.25, 0.3) is 32.8 Å². The normalized spacial score (nSPS) is 14.6. The van der Waals surface area contributed by atoms with E-state index in [1.165, 1.54) is 48.4 Å². The number of fused-ring (bicyclic) bond motifs is 2. The Balaban J connectivity index is 1.73. The number of aromatic nitrogens is 1. The summed E-state index contributed by atoms with van der Waals surface area (Å²) in [5.74, 6) is 0. The third-order valence-electron chi connectivity index (χ3n) is 5.46. The van der Waals surface area contributed by atoms with Gasteiger partial charge in [-0.25, -0.2) is 0 Å². The van der Waals surface area contributed by atoms with Gasteiger partial charge in [0.05, 0.1) is 0 Å². The van der Waals surface area contributed by atoms with Crippen LogP contribution in [0.2, 0.25) is 0 Å². The topological polar surface area (TPSA) is 12.9 Å². The molecule has 0 saturated heterocycles. The molecule has 0 spiro atoms. The van der Waals surface area contributed by atoms with E-state index in [-0.39, 0.29) is 0 Å². The van der Waals surface area contributed by atoms with E-state index in [0.717, 1.165) is 11.9 Å². The molecule has 0 aliphatic heterocycles. The molecule has 1 aliphatic carbocycles. The first-order valence-corrected chi connectivity index (χ1v) is 9.80. The van der Waals surface area contributed by atoms with Gasteiger partial charge in [-0.2, -0.15) is 0 Å². The summed E-state index contributed by atoms with van der Waals surface area (Å²) in [6.07, 6.45) is 2.81. The van der Waals surface area contributed by atoms with Gasteiger partial charge in [0.1, 0.15) is 0 Å². The van der Waals surface area contributed by atoms with E-state index < -0.39 is 0 Å². The van der Waals surface area contributed by atoms with Gasteiger partial charge < -0.3 is 0 Å². The van der Waals surface area contributed by atoms with Gasteiger partial charge in [-0.15, -0.1) is 0 Å². The predicted molar refractivity (Wildman–Crippen MR) is 110 cm³/mol. The molecule has 0 atom stereocenters. The zero-order valence-electron chi connectivity index (χ0n) is 15.1. The molecule has 0 unspecified atom stereocenters. The summed E-state index contributed by atoms with van der Waals surface area (Å²) in [7, 11) is 0. The number of rotatable bonds is 2. The fraction of sp³-hybridized carbons (Fsp3) is 0.0800. The van der Waals surface area contributed by atoms with Gasteiger partial charge >= 0.3 is 168 Å². The van der Waals surface area contributed by atoms with Gasteiger partial charge in [-0.05, 0) is 0 Å². The van der Waals surface area contributed by atoms with Crippen LogP contribution in [0, 0.1) is 0 Å². The van der Waals surface area contributed by atoms with Gasteiger partial charge in [-0.3, -0.25) is 0 Å². The van der Waals surface area contributed by atoms with E-state index in [1.807, 2.05) is 12.3 Å². The van der Waals surface area contributed by atoms with Crippen molar-refractivity contribution in [1.82, 2.24) is 4.98 Å². The van der Waals surface area contributed by atoms with Crippen LogP contribution in [0.1, 0.15) is 24.5 Å². The Morgan fingerprint density at radius 2 is 1.48 bits per heavy atom. The summed E-state index contributed by atoms with van der Waals surface area (Å²) < 4.78 is 1.31. The molecule has 0 N–H and O–H groups in total. The molecule has 5 rings (SSSR count). The van der Waals surface area contributed by atoms with Crippen molar-refractivity contribution in [2.24, 2.45) is 0 Å². The molecule has 3 aromatic carbocycles. The third kappa shape index (κ3) is 2.65. The number of benzene rings is 3. The standard InChI is InChI=1S/C25H18N.Cr/c1-17-20(23-12-4-8-18-7-2-3-11-22(18)23)14-15-21(17)24-13-5-9-19-10-6-16-26-25(19)24;/h2-13,16H,15H2,1H3;. The fourth-order valence-electron chi connectivity index (χ4n) is 4.18. The molecule has 0 fully saturated rings. The summed E-state index contributed by atoms with van der Waals surface area (Å²) in [5, 5.41) is 3.78. The van der Waals surface area contributed by atoms with E-state index in [4.69, 9.17) is 0 Å². The minimum atomic E-state index is 0.931. The van der Waals surface area contributed by atoms with Gasteiger partial charge in [-0.1, -0.05) is 0 Å². The van der Waals surface area contributed by atoms with Crippen LogP contribution < -0.4 is 0 Å². The van der Waals surface area contributed by atoms with Gasteiger partial charge in [0.2, 0.25) is 0 Å². The van der Waals surface area contributed by atoms with E-state index in [0.29, 0.717) is 0 Å². The Bertz CT molecular complexity index is 1250. The second kappa shape index (κ2) is 6.50. The molecular formula is C25H18CrN. The zero-order chi connectivity index (χ0) is 18.4. The molecule has 4 aromatic rings. The molecule has 0 bridgehead atoms. The van der Waals surface area contributed by atoms with Crippen molar-refractivity contribution >= 4 is 32.8 Å². The summed E-state index contributed by atoms with van der Waals surface area (Å²) in [5.41, 5.74) is 7.70. The quantitative estimate of drug-likeness (QED) is 0.383. The van der Waals surface area contributed by atoms with Crippen molar-refractivity contribution in [1.29, 1.82) is 0 Å². The number of nitrogens with zero attached hydrogens (tertiary/aromatic N) is 1. The summed E-state index contributed by atoms with van der Waals surface area (Å²) in [4.78, 5) is 4.67. The van der Waals surface area contributed by atoms with Crippen molar-refractivity contribution in [3.05, 3.63) is 100 Å².